The van der Waals surface area contributed by atoms with Gasteiger partial charge in [0.15, 0.2) is 5.78 Å². The number of rotatable bonds is 6. The molecule has 3 aliphatic rings. The number of nitrogens with one attached hydrogen (secondary N) is 2. The van der Waals surface area contributed by atoms with E-state index in [1.807, 2.05) is 30.3 Å². The summed E-state index contributed by atoms with van der Waals surface area (Å²) in [5.74, 6) is -0.161. The van der Waals surface area contributed by atoms with Crippen LogP contribution >= 0.6 is 0 Å². The number of carbonyl (C=O) groups is 1. The molecular formula is C28H30F6N2O2. The zero-order chi connectivity index (χ0) is 27.1. The lowest BCUT2D eigenvalue weighted by Crippen LogP contribution is -2.58. The van der Waals surface area contributed by atoms with Gasteiger partial charge in [0, 0.05) is 12.0 Å². The first-order valence-electron chi connectivity index (χ1n) is 13.0. The van der Waals surface area contributed by atoms with Crippen LogP contribution in [0.5, 0.6) is 0 Å². The third kappa shape index (κ3) is 5.49. The number of piperidine rings is 2. The van der Waals surface area contributed by atoms with E-state index in [2.05, 4.69) is 10.6 Å². The summed E-state index contributed by atoms with van der Waals surface area (Å²) in [6.07, 6.45) is -5.19. The Hall–Kier alpha value is -2.43. The summed E-state index contributed by atoms with van der Waals surface area (Å²) >= 11 is 0. The molecule has 2 bridgehead atoms. The van der Waals surface area contributed by atoms with E-state index >= 15 is 0 Å². The van der Waals surface area contributed by atoms with E-state index in [4.69, 9.17) is 4.74 Å². The van der Waals surface area contributed by atoms with Crippen molar-refractivity contribution in [1.82, 2.24) is 10.6 Å². The molecule has 5 unspecified atom stereocenters. The number of hydrogen-bond acceptors (Lipinski definition) is 4. The van der Waals surface area contributed by atoms with Crippen LogP contribution in [0.3, 0.4) is 0 Å². The molecule has 0 aromatic heterocycles. The number of Topliss-reactive ketones (excluding diaryl/α,β-unsaturated/α-hetero) is 1. The predicted octanol–water partition coefficient (Wildman–Crippen LogP) is 6.34. The van der Waals surface area contributed by atoms with Gasteiger partial charge in [-0.1, -0.05) is 30.3 Å². The molecule has 0 amide bonds. The van der Waals surface area contributed by atoms with Gasteiger partial charge in [0.05, 0.1) is 29.3 Å². The van der Waals surface area contributed by atoms with Crippen LogP contribution in [0.25, 0.3) is 0 Å². The number of halogens is 6. The van der Waals surface area contributed by atoms with Gasteiger partial charge in [0.1, 0.15) is 6.23 Å². The fraction of sp³-hybridized carbons (Fsp3) is 0.536. The molecule has 3 aliphatic heterocycles. The second-order valence-electron chi connectivity index (χ2n) is 10.6. The van der Waals surface area contributed by atoms with Crippen molar-refractivity contribution >= 4 is 5.78 Å². The van der Waals surface area contributed by atoms with E-state index in [1.165, 1.54) is 0 Å². The SMILES string of the molecule is O=C(C1CCCC(OCc2cc(C(F)(F)F)cc(C(F)(F)F)c2)N1)C1CCC2CCC1(c1ccccc1)N2. The Kier molecular flexibility index (Phi) is 7.34. The Morgan fingerprint density at radius 2 is 1.58 bits per heavy atom. The molecule has 2 N–H and O–H groups in total. The number of ether oxygens (including phenoxy) is 1. The topological polar surface area (TPSA) is 50.4 Å². The molecular weight excluding hydrogens is 510 g/mol. The molecule has 5 rings (SSSR count). The summed E-state index contributed by atoms with van der Waals surface area (Å²) in [5, 5.41) is 6.91. The number of carbonyl (C=O) groups excluding carboxylic acids is 1. The normalized spacial score (nSPS) is 29.8. The molecule has 4 nitrogen and oxygen atoms in total. The lowest BCUT2D eigenvalue weighted by Gasteiger charge is -2.44. The minimum Gasteiger partial charge on any atom is -0.359 e. The first kappa shape index (κ1) is 27.1. The molecule has 2 aromatic carbocycles. The van der Waals surface area contributed by atoms with Crippen LogP contribution in [0.2, 0.25) is 0 Å². The van der Waals surface area contributed by atoms with Crippen molar-refractivity contribution in [3.05, 3.63) is 70.8 Å². The fourth-order valence-electron chi connectivity index (χ4n) is 6.36. The van der Waals surface area contributed by atoms with Gasteiger partial charge in [-0.05, 0) is 74.3 Å². The van der Waals surface area contributed by atoms with Gasteiger partial charge in [0.25, 0.3) is 0 Å². The summed E-state index contributed by atoms with van der Waals surface area (Å²) in [6, 6.07) is 11.3. The standard InChI is InChI=1S/C28H30F6N2O2/c29-27(30,31)19-13-17(14-20(15-19)28(32,33)34)16-38-24-8-4-7-23(35-24)25(37)22-10-9-21-11-12-26(22,36-21)18-5-2-1-3-6-18/h1-3,5-6,13-15,21-24,35-36H,4,7-12,16H2. The third-order valence-electron chi connectivity index (χ3n) is 8.17. The lowest BCUT2D eigenvalue weighted by atomic mass is 9.70. The zero-order valence-corrected chi connectivity index (χ0v) is 20.7. The van der Waals surface area contributed by atoms with Gasteiger partial charge in [0.2, 0.25) is 0 Å². The molecule has 206 valence electrons. The summed E-state index contributed by atoms with van der Waals surface area (Å²) in [4.78, 5) is 13.8. The van der Waals surface area contributed by atoms with Crippen molar-refractivity contribution in [2.75, 3.05) is 0 Å². The van der Waals surface area contributed by atoms with Crippen LogP contribution in [0, 0.1) is 5.92 Å². The average Bonchev–Trinajstić information content (AvgIpc) is 3.24. The van der Waals surface area contributed by atoms with Crippen molar-refractivity contribution in [1.29, 1.82) is 0 Å². The second-order valence-corrected chi connectivity index (χ2v) is 10.6. The largest absolute Gasteiger partial charge is 0.416 e. The van der Waals surface area contributed by atoms with E-state index in [-0.39, 0.29) is 23.3 Å². The summed E-state index contributed by atoms with van der Waals surface area (Å²) in [6.45, 7) is -0.438. The van der Waals surface area contributed by atoms with Crippen molar-refractivity contribution in [2.24, 2.45) is 5.92 Å². The van der Waals surface area contributed by atoms with E-state index in [1.54, 1.807) is 0 Å². The molecule has 10 heteroatoms. The van der Waals surface area contributed by atoms with E-state index in [0.717, 1.165) is 31.2 Å². The summed E-state index contributed by atoms with van der Waals surface area (Å²) in [7, 11) is 0. The Balaban J connectivity index is 1.29. The molecule has 3 fully saturated rings. The molecule has 0 saturated carbocycles. The Bertz CT molecular complexity index is 1120. The van der Waals surface area contributed by atoms with Crippen molar-refractivity contribution in [3.63, 3.8) is 0 Å². The highest BCUT2D eigenvalue weighted by Gasteiger charge is 2.53. The highest BCUT2D eigenvalue weighted by molar-refractivity contribution is 5.88. The maximum absolute atomic E-state index is 13.8. The van der Waals surface area contributed by atoms with Gasteiger partial charge in [-0.3, -0.25) is 10.1 Å². The quantitative estimate of drug-likeness (QED) is 0.420. The highest BCUT2D eigenvalue weighted by atomic mass is 19.4. The van der Waals surface area contributed by atoms with Gasteiger partial charge < -0.3 is 10.1 Å². The summed E-state index contributed by atoms with van der Waals surface area (Å²) in [5.41, 5.74) is -2.31. The third-order valence-corrected chi connectivity index (χ3v) is 8.17. The number of benzene rings is 2. The van der Waals surface area contributed by atoms with Crippen LogP contribution in [0.4, 0.5) is 26.3 Å². The van der Waals surface area contributed by atoms with Crippen LogP contribution in [0.1, 0.15) is 67.2 Å². The lowest BCUT2D eigenvalue weighted by molar-refractivity contribution is -0.143. The number of fused-ring (bicyclic) bond motifs is 2. The molecule has 2 aromatic rings. The molecule has 0 radical (unpaired) electrons. The van der Waals surface area contributed by atoms with E-state index in [0.29, 0.717) is 37.4 Å². The first-order valence-corrected chi connectivity index (χ1v) is 13.0. The van der Waals surface area contributed by atoms with E-state index < -0.39 is 47.9 Å². The molecule has 38 heavy (non-hydrogen) atoms. The molecule has 3 saturated heterocycles. The smallest absolute Gasteiger partial charge is 0.359 e. The fourth-order valence-corrected chi connectivity index (χ4v) is 6.36. The van der Waals surface area contributed by atoms with Crippen LogP contribution in [0.15, 0.2) is 48.5 Å². The second kappa shape index (κ2) is 10.3. The number of alkyl halides is 6. The van der Waals surface area contributed by atoms with Gasteiger partial charge in [-0.2, -0.15) is 26.3 Å². The Morgan fingerprint density at radius 1 is 0.895 bits per heavy atom. The zero-order valence-electron chi connectivity index (χ0n) is 20.7. The van der Waals surface area contributed by atoms with Crippen LogP contribution in [-0.2, 0) is 34.0 Å². The minimum absolute atomic E-state index is 0.0772. The number of hydrogen-bond donors (Lipinski definition) is 2. The molecule has 5 atom stereocenters. The molecule has 3 heterocycles. The Labute approximate surface area is 217 Å². The van der Waals surface area contributed by atoms with Crippen LogP contribution < -0.4 is 10.6 Å². The van der Waals surface area contributed by atoms with E-state index in [9.17, 15) is 31.1 Å². The van der Waals surface area contributed by atoms with Crippen molar-refractivity contribution < 1.29 is 35.9 Å². The predicted molar refractivity (Wildman–Crippen MR) is 128 cm³/mol. The van der Waals surface area contributed by atoms with Gasteiger partial charge in [-0.25, -0.2) is 0 Å². The molecule has 0 aliphatic carbocycles. The highest BCUT2D eigenvalue weighted by Crippen LogP contribution is 2.48. The van der Waals surface area contributed by atoms with Crippen molar-refractivity contribution in [3.8, 4) is 0 Å². The van der Waals surface area contributed by atoms with Gasteiger partial charge in [-0.15, -0.1) is 0 Å². The maximum atomic E-state index is 13.8. The minimum atomic E-state index is -4.92. The first-order chi connectivity index (χ1) is 18.0. The monoisotopic (exact) mass is 540 g/mol. The van der Waals surface area contributed by atoms with Gasteiger partial charge >= 0.3 is 12.4 Å². The molecule has 0 spiro atoms. The Morgan fingerprint density at radius 3 is 2.24 bits per heavy atom. The maximum Gasteiger partial charge on any atom is 0.416 e. The van der Waals surface area contributed by atoms with Crippen molar-refractivity contribution in [2.45, 2.75) is 87.8 Å². The average molecular weight is 541 g/mol. The van der Waals surface area contributed by atoms with Crippen LogP contribution in [-0.4, -0.2) is 24.1 Å². The summed E-state index contributed by atoms with van der Waals surface area (Å²) < 4.78 is 84.9. The number of ketones is 1.